The number of nitriles is 1. The van der Waals surface area contributed by atoms with E-state index in [-0.39, 0.29) is 5.56 Å². The molecule has 2 aromatic rings. The summed E-state index contributed by atoms with van der Waals surface area (Å²) in [6.45, 7) is 2.05. The molecule has 0 unspecified atom stereocenters. The number of carboxylic acid groups (broad SMARTS) is 1. The fraction of sp³-hybridized carbons (Fsp3) is 0.125. The van der Waals surface area contributed by atoms with Crippen molar-refractivity contribution in [3.05, 3.63) is 64.7 Å². The molecule has 2 rings (SSSR count). The highest BCUT2D eigenvalue weighted by Crippen LogP contribution is 2.22. The summed E-state index contributed by atoms with van der Waals surface area (Å²) in [7, 11) is 0. The molecular weight excluding hydrogens is 254 g/mol. The molecule has 0 aliphatic rings. The van der Waals surface area contributed by atoms with Gasteiger partial charge in [0.25, 0.3) is 0 Å². The molecule has 20 heavy (non-hydrogen) atoms. The third kappa shape index (κ3) is 2.96. The minimum Gasteiger partial charge on any atom is -0.489 e. The number of benzene rings is 2. The molecule has 0 aromatic heterocycles. The molecule has 0 saturated carbocycles. The van der Waals surface area contributed by atoms with Crippen molar-refractivity contribution in [2.45, 2.75) is 13.5 Å². The number of hydrogen-bond acceptors (Lipinski definition) is 3. The Kier molecular flexibility index (Phi) is 4.02. The minimum atomic E-state index is -0.966. The lowest BCUT2D eigenvalue weighted by atomic mass is 10.1. The Labute approximate surface area is 116 Å². The Bertz CT molecular complexity index is 669. The van der Waals surface area contributed by atoms with Gasteiger partial charge in [0, 0.05) is 5.56 Å². The molecule has 100 valence electrons. The average Bonchev–Trinajstić information content (AvgIpc) is 2.46. The Morgan fingerprint density at radius 2 is 1.95 bits per heavy atom. The van der Waals surface area contributed by atoms with Crippen LogP contribution >= 0.6 is 0 Å². The summed E-state index contributed by atoms with van der Waals surface area (Å²) >= 11 is 0. The van der Waals surface area contributed by atoms with Crippen LogP contribution in [0.5, 0.6) is 5.75 Å². The highest BCUT2D eigenvalue weighted by Gasteiger charge is 2.10. The highest BCUT2D eigenvalue weighted by atomic mass is 16.5. The van der Waals surface area contributed by atoms with Crippen molar-refractivity contribution in [1.29, 1.82) is 5.26 Å². The van der Waals surface area contributed by atoms with E-state index < -0.39 is 5.97 Å². The monoisotopic (exact) mass is 267 g/mol. The van der Waals surface area contributed by atoms with Crippen LogP contribution in [0.3, 0.4) is 0 Å². The molecule has 2 aromatic carbocycles. The summed E-state index contributed by atoms with van der Waals surface area (Å²) in [5.74, 6) is -0.416. The first kappa shape index (κ1) is 13.6. The number of hydrogen-bond donors (Lipinski definition) is 1. The Morgan fingerprint density at radius 1 is 1.25 bits per heavy atom. The molecular formula is C16H13NO3. The number of carbonyl (C=O) groups is 1. The summed E-state index contributed by atoms with van der Waals surface area (Å²) < 4.78 is 5.64. The largest absolute Gasteiger partial charge is 0.489 e. The smallest absolute Gasteiger partial charge is 0.336 e. The molecule has 0 radical (unpaired) electrons. The van der Waals surface area contributed by atoms with Crippen LogP contribution in [0.25, 0.3) is 0 Å². The first-order chi connectivity index (χ1) is 9.61. The van der Waals surface area contributed by atoms with Crippen LogP contribution in [0.4, 0.5) is 0 Å². The number of ether oxygens (including phenoxy) is 1. The van der Waals surface area contributed by atoms with Gasteiger partial charge >= 0.3 is 5.97 Å². The van der Waals surface area contributed by atoms with Gasteiger partial charge in [0.2, 0.25) is 0 Å². The minimum absolute atomic E-state index is 0.238. The summed E-state index contributed by atoms with van der Waals surface area (Å²) in [6.07, 6.45) is 0. The summed E-state index contributed by atoms with van der Waals surface area (Å²) in [5, 5.41) is 17.8. The van der Waals surface area contributed by atoms with Crippen LogP contribution < -0.4 is 4.74 Å². The Hall–Kier alpha value is -2.80. The number of rotatable bonds is 4. The van der Waals surface area contributed by atoms with Crippen molar-refractivity contribution in [2.75, 3.05) is 0 Å². The van der Waals surface area contributed by atoms with Gasteiger partial charge in [-0.25, -0.2) is 4.79 Å². The lowest BCUT2D eigenvalue weighted by Crippen LogP contribution is -2.03. The normalized spacial score (nSPS) is 9.80. The first-order valence-corrected chi connectivity index (χ1v) is 6.06. The van der Waals surface area contributed by atoms with Crippen LogP contribution in [0.2, 0.25) is 0 Å². The summed E-state index contributed by atoms with van der Waals surface area (Å²) in [4.78, 5) is 11.0. The van der Waals surface area contributed by atoms with E-state index in [9.17, 15) is 4.79 Å². The molecule has 0 aliphatic heterocycles. The second-order valence-electron chi connectivity index (χ2n) is 4.33. The second kappa shape index (κ2) is 5.89. The summed E-state index contributed by atoms with van der Waals surface area (Å²) in [5.41, 5.74) is 2.36. The fourth-order valence-corrected chi connectivity index (χ4v) is 1.84. The predicted molar refractivity (Wildman–Crippen MR) is 73.6 cm³/mol. The van der Waals surface area contributed by atoms with Gasteiger partial charge < -0.3 is 9.84 Å². The van der Waals surface area contributed by atoms with Crippen LogP contribution in [0, 0.1) is 18.3 Å². The van der Waals surface area contributed by atoms with Crippen LogP contribution in [0.15, 0.2) is 42.5 Å². The van der Waals surface area contributed by atoms with E-state index in [2.05, 4.69) is 6.07 Å². The lowest BCUT2D eigenvalue weighted by molar-refractivity contribution is 0.0695. The van der Waals surface area contributed by atoms with E-state index in [0.29, 0.717) is 23.5 Å². The van der Waals surface area contributed by atoms with Gasteiger partial charge in [0.15, 0.2) is 0 Å². The Morgan fingerprint density at radius 3 is 2.55 bits per heavy atom. The van der Waals surface area contributed by atoms with E-state index in [0.717, 1.165) is 5.56 Å². The molecule has 0 atom stereocenters. The zero-order valence-corrected chi connectivity index (χ0v) is 11.0. The third-order valence-corrected chi connectivity index (χ3v) is 2.99. The van der Waals surface area contributed by atoms with E-state index in [1.54, 1.807) is 37.3 Å². The maximum atomic E-state index is 11.0. The lowest BCUT2D eigenvalue weighted by Gasteiger charge is -2.11. The average molecular weight is 267 g/mol. The molecule has 0 heterocycles. The topological polar surface area (TPSA) is 70.3 Å². The SMILES string of the molecule is Cc1c(OCc2ccc(C#N)cc2)cccc1C(=O)O. The molecule has 4 nitrogen and oxygen atoms in total. The van der Waals surface area contributed by atoms with Gasteiger partial charge in [-0.1, -0.05) is 18.2 Å². The molecule has 0 saturated heterocycles. The van der Waals surface area contributed by atoms with Crippen molar-refractivity contribution in [1.82, 2.24) is 0 Å². The van der Waals surface area contributed by atoms with Crippen molar-refractivity contribution in [2.24, 2.45) is 0 Å². The highest BCUT2D eigenvalue weighted by molar-refractivity contribution is 5.90. The van der Waals surface area contributed by atoms with E-state index in [1.165, 1.54) is 0 Å². The molecule has 0 fully saturated rings. The maximum absolute atomic E-state index is 11.0. The zero-order valence-electron chi connectivity index (χ0n) is 11.0. The van der Waals surface area contributed by atoms with Crippen LogP contribution in [-0.4, -0.2) is 11.1 Å². The van der Waals surface area contributed by atoms with Crippen molar-refractivity contribution in [3.8, 4) is 11.8 Å². The van der Waals surface area contributed by atoms with Gasteiger partial charge in [0.1, 0.15) is 12.4 Å². The van der Waals surface area contributed by atoms with Crippen molar-refractivity contribution < 1.29 is 14.6 Å². The first-order valence-electron chi connectivity index (χ1n) is 6.06. The van der Waals surface area contributed by atoms with E-state index in [1.807, 2.05) is 12.1 Å². The molecule has 1 N–H and O–H groups in total. The number of nitrogens with zero attached hydrogens (tertiary/aromatic N) is 1. The number of aromatic carboxylic acids is 1. The van der Waals surface area contributed by atoms with Crippen molar-refractivity contribution in [3.63, 3.8) is 0 Å². The third-order valence-electron chi connectivity index (χ3n) is 2.99. The van der Waals surface area contributed by atoms with Gasteiger partial charge in [-0.3, -0.25) is 0 Å². The standard InChI is InChI=1S/C16H13NO3/c1-11-14(16(18)19)3-2-4-15(11)20-10-13-7-5-12(9-17)6-8-13/h2-8H,10H2,1H3,(H,18,19). The van der Waals surface area contributed by atoms with Gasteiger partial charge in [-0.15, -0.1) is 0 Å². The van der Waals surface area contributed by atoms with Gasteiger partial charge in [0.05, 0.1) is 17.2 Å². The molecule has 4 heteroatoms. The predicted octanol–water partition coefficient (Wildman–Crippen LogP) is 3.14. The molecule has 0 amide bonds. The van der Waals surface area contributed by atoms with Crippen molar-refractivity contribution >= 4 is 5.97 Å². The summed E-state index contributed by atoms with van der Waals surface area (Å²) in [6, 6.07) is 14.1. The van der Waals surface area contributed by atoms with E-state index >= 15 is 0 Å². The molecule has 0 aliphatic carbocycles. The quantitative estimate of drug-likeness (QED) is 0.923. The second-order valence-corrected chi connectivity index (χ2v) is 4.33. The fourth-order valence-electron chi connectivity index (χ4n) is 1.84. The van der Waals surface area contributed by atoms with Gasteiger partial charge in [-0.2, -0.15) is 5.26 Å². The Balaban J connectivity index is 2.13. The molecule has 0 bridgehead atoms. The van der Waals surface area contributed by atoms with E-state index in [4.69, 9.17) is 15.1 Å². The maximum Gasteiger partial charge on any atom is 0.336 e. The van der Waals surface area contributed by atoms with Crippen LogP contribution in [0.1, 0.15) is 27.0 Å². The molecule has 0 spiro atoms. The number of carboxylic acids is 1. The zero-order chi connectivity index (χ0) is 14.5. The van der Waals surface area contributed by atoms with Crippen LogP contribution in [-0.2, 0) is 6.61 Å². The van der Waals surface area contributed by atoms with Gasteiger partial charge in [-0.05, 0) is 36.8 Å².